The summed E-state index contributed by atoms with van der Waals surface area (Å²) in [6, 6.07) is 6.60. The lowest BCUT2D eigenvalue weighted by Gasteiger charge is -2.13. The molecule has 0 amide bonds. The molecule has 0 spiro atoms. The summed E-state index contributed by atoms with van der Waals surface area (Å²) in [6.45, 7) is 5.00. The van der Waals surface area contributed by atoms with Gasteiger partial charge in [-0.1, -0.05) is 6.07 Å². The van der Waals surface area contributed by atoms with Gasteiger partial charge in [0.2, 0.25) is 0 Å². The zero-order valence-corrected chi connectivity index (χ0v) is 16.9. The van der Waals surface area contributed by atoms with E-state index in [0.29, 0.717) is 28.5 Å². The lowest BCUT2D eigenvalue weighted by Crippen LogP contribution is -2.12. The lowest BCUT2D eigenvalue weighted by molar-refractivity contribution is -0.137. The van der Waals surface area contributed by atoms with Gasteiger partial charge < -0.3 is 13.9 Å². The van der Waals surface area contributed by atoms with Gasteiger partial charge in [-0.2, -0.15) is 13.2 Å². The molecule has 9 heteroatoms. The summed E-state index contributed by atoms with van der Waals surface area (Å²) in [6.07, 6.45) is -3.02. The number of carbonyl (C=O) groups excluding carboxylic acids is 2. The number of ketones is 1. The van der Waals surface area contributed by atoms with Gasteiger partial charge in [-0.25, -0.2) is 9.78 Å². The van der Waals surface area contributed by atoms with E-state index in [1.165, 1.54) is 23.9 Å². The highest BCUT2D eigenvalue weighted by Crippen LogP contribution is 2.31. The molecule has 2 aromatic heterocycles. The Bertz CT molecular complexity index is 1130. The molecular formula is C21H20F3N3O3. The van der Waals surface area contributed by atoms with E-state index in [0.717, 1.165) is 12.1 Å². The van der Waals surface area contributed by atoms with Gasteiger partial charge in [0.25, 0.3) is 0 Å². The summed E-state index contributed by atoms with van der Waals surface area (Å²) in [4.78, 5) is 28.6. The van der Waals surface area contributed by atoms with Gasteiger partial charge in [-0.15, -0.1) is 0 Å². The fraction of sp³-hybridized carbons (Fsp3) is 0.286. The normalized spacial score (nSPS) is 11.6. The molecule has 0 N–H and O–H groups in total. The summed E-state index contributed by atoms with van der Waals surface area (Å²) in [7, 11) is 1.24. The third kappa shape index (κ3) is 4.00. The van der Waals surface area contributed by atoms with Crippen molar-refractivity contribution in [2.75, 3.05) is 7.11 Å². The first-order chi connectivity index (χ1) is 14.0. The number of aromatic nitrogens is 3. The smallest absolute Gasteiger partial charge is 0.416 e. The molecule has 3 aromatic rings. The maximum absolute atomic E-state index is 13.1. The topological polar surface area (TPSA) is 66.1 Å². The highest BCUT2D eigenvalue weighted by molar-refractivity contribution is 5.97. The van der Waals surface area contributed by atoms with Crippen molar-refractivity contribution >= 4 is 11.8 Å². The van der Waals surface area contributed by atoms with E-state index >= 15 is 0 Å². The summed E-state index contributed by atoms with van der Waals surface area (Å²) in [5, 5.41) is 0. The van der Waals surface area contributed by atoms with Crippen LogP contribution < -0.4 is 0 Å². The number of carbonyl (C=O) groups is 2. The molecule has 0 aliphatic carbocycles. The SMILES string of the molecule is COC(=O)c1cn(CC(=O)c2cc(C)n(-c3cccc(C(F)(F)F)c3)c2C)c(C)n1. The molecule has 0 aliphatic heterocycles. The van der Waals surface area contributed by atoms with Crippen LogP contribution in [0.15, 0.2) is 36.5 Å². The van der Waals surface area contributed by atoms with Gasteiger partial charge in [-0.3, -0.25) is 4.79 Å². The molecule has 30 heavy (non-hydrogen) atoms. The second kappa shape index (κ2) is 7.81. The number of benzene rings is 1. The minimum Gasteiger partial charge on any atom is -0.464 e. The molecule has 0 saturated heterocycles. The predicted molar refractivity (Wildman–Crippen MR) is 103 cm³/mol. The van der Waals surface area contributed by atoms with Crippen LogP contribution in [0.3, 0.4) is 0 Å². The first kappa shape index (κ1) is 21.4. The van der Waals surface area contributed by atoms with Gasteiger partial charge in [0.1, 0.15) is 5.82 Å². The summed E-state index contributed by atoms with van der Waals surface area (Å²) in [5.41, 5.74) is 1.21. The van der Waals surface area contributed by atoms with Crippen LogP contribution in [0.2, 0.25) is 0 Å². The molecule has 6 nitrogen and oxygen atoms in total. The van der Waals surface area contributed by atoms with Gasteiger partial charge in [0.05, 0.1) is 19.2 Å². The van der Waals surface area contributed by atoms with E-state index in [4.69, 9.17) is 0 Å². The van der Waals surface area contributed by atoms with E-state index < -0.39 is 17.7 Å². The largest absolute Gasteiger partial charge is 0.464 e. The predicted octanol–water partition coefficient (Wildman–Crippen LogP) is 4.29. The number of hydrogen-bond acceptors (Lipinski definition) is 4. The Morgan fingerprint density at radius 1 is 1.13 bits per heavy atom. The number of halogens is 3. The fourth-order valence-electron chi connectivity index (χ4n) is 3.38. The van der Waals surface area contributed by atoms with Crippen LogP contribution in [-0.2, 0) is 17.5 Å². The van der Waals surface area contributed by atoms with Gasteiger partial charge in [-0.05, 0) is 45.0 Å². The number of hydrogen-bond donors (Lipinski definition) is 0. The second-order valence-electron chi connectivity index (χ2n) is 6.88. The molecule has 2 heterocycles. The number of nitrogens with zero attached hydrogens (tertiary/aromatic N) is 3. The molecule has 1 aromatic carbocycles. The summed E-state index contributed by atoms with van der Waals surface area (Å²) >= 11 is 0. The van der Waals surface area contributed by atoms with Crippen molar-refractivity contribution in [3.63, 3.8) is 0 Å². The van der Waals surface area contributed by atoms with Crippen molar-refractivity contribution in [1.82, 2.24) is 14.1 Å². The third-order valence-corrected chi connectivity index (χ3v) is 4.85. The maximum atomic E-state index is 13.1. The number of esters is 1. The van der Waals surface area contributed by atoms with E-state index in [9.17, 15) is 22.8 Å². The second-order valence-corrected chi connectivity index (χ2v) is 6.88. The Hall–Kier alpha value is -3.36. The van der Waals surface area contributed by atoms with Crippen molar-refractivity contribution in [3.05, 3.63) is 70.6 Å². The van der Waals surface area contributed by atoms with Crippen molar-refractivity contribution in [3.8, 4) is 5.69 Å². The number of alkyl halides is 3. The van der Waals surface area contributed by atoms with Crippen LogP contribution in [0, 0.1) is 20.8 Å². The molecule has 0 fully saturated rings. The van der Waals surface area contributed by atoms with Crippen molar-refractivity contribution in [2.24, 2.45) is 0 Å². The average molecular weight is 419 g/mol. The third-order valence-electron chi connectivity index (χ3n) is 4.85. The first-order valence-corrected chi connectivity index (χ1v) is 9.04. The standard InChI is InChI=1S/C21H20F3N3O3/c1-12-8-17(19(28)11-26-10-18(20(29)30-4)25-14(26)3)13(2)27(12)16-7-5-6-15(9-16)21(22,23)24/h5-10H,11H2,1-4H3. The Morgan fingerprint density at radius 3 is 2.47 bits per heavy atom. The van der Waals surface area contributed by atoms with Crippen molar-refractivity contribution < 1.29 is 27.5 Å². The Labute approximate surface area is 170 Å². The fourth-order valence-corrected chi connectivity index (χ4v) is 3.38. The van der Waals surface area contributed by atoms with Crippen LogP contribution in [-0.4, -0.2) is 33.0 Å². The van der Waals surface area contributed by atoms with Gasteiger partial charge in [0, 0.05) is 28.8 Å². The molecule has 3 rings (SSSR count). The molecule has 0 atom stereocenters. The van der Waals surface area contributed by atoms with Crippen LogP contribution in [0.5, 0.6) is 0 Å². The number of Topliss-reactive ketones (excluding diaryl/α,β-unsaturated/α-hetero) is 1. The summed E-state index contributed by atoms with van der Waals surface area (Å²) < 4.78 is 47.0. The average Bonchev–Trinajstić information content (AvgIpc) is 3.19. The number of aryl methyl sites for hydroxylation is 2. The van der Waals surface area contributed by atoms with Crippen LogP contribution in [0.25, 0.3) is 5.69 Å². The Morgan fingerprint density at radius 2 is 1.83 bits per heavy atom. The maximum Gasteiger partial charge on any atom is 0.416 e. The van der Waals surface area contributed by atoms with E-state index in [1.807, 2.05) is 0 Å². The number of rotatable bonds is 5. The van der Waals surface area contributed by atoms with Crippen molar-refractivity contribution in [1.29, 1.82) is 0 Å². The summed E-state index contributed by atoms with van der Waals surface area (Å²) in [5.74, 6) is -0.388. The Kier molecular flexibility index (Phi) is 5.56. The van der Waals surface area contributed by atoms with Gasteiger partial charge in [0.15, 0.2) is 11.5 Å². The number of ether oxygens (including phenoxy) is 1. The molecular weight excluding hydrogens is 399 g/mol. The molecule has 0 unspecified atom stereocenters. The molecule has 0 saturated carbocycles. The van der Waals surface area contributed by atoms with Crippen LogP contribution in [0.4, 0.5) is 13.2 Å². The van der Waals surface area contributed by atoms with Gasteiger partial charge >= 0.3 is 12.1 Å². The molecule has 0 aliphatic rings. The molecule has 0 bridgehead atoms. The highest BCUT2D eigenvalue weighted by atomic mass is 19.4. The molecule has 0 radical (unpaired) electrons. The van der Waals surface area contributed by atoms with E-state index in [1.54, 1.807) is 37.5 Å². The van der Waals surface area contributed by atoms with E-state index in [2.05, 4.69) is 9.72 Å². The minimum absolute atomic E-state index is 0.0668. The Balaban J connectivity index is 1.94. The van der Waals surface area contributed by atoms with Crippen LogP contribution >= 0.6 is 0 Å². The first-order valence-electron chi connectivity index (χ1n) is 9.04. The monoisotopic (exact) mass is 419 g/mol. The zero-order chi connectivity index (χ0) is 22.2. The molecule has 158 valence electrons. The number of methoxy groups -OCH3 is 1. The highest BCUT2D eigenvalue weighted by Gasteiger charge is 2.31. The zero-order valence-electron chi connectivity index (χ0n) is 16.9. The van der Waals surface area contributed by atoms with Crippen LogP contribution in [0.1, 0.15) is 43.6 Å². The van der Waals surface area contributed by atoms with Crippen molar-refractivity contribution in [2.45, 2.75) is 33.5 Å². The lowest BCUT2D eigenvalue weighted by atomic mass is 10.1. The van der Waals surface area contributed by atoms with E-state index in [-0.39, 0.29) is 18.0 Å². The number of imidazole rings is 1. The quantitative estimate of drug-likeness (QED) is 0.457. The minimum atomic E-state index is -4.46.